The number of hydrogen-bond acceptors (Lipinski definition) is 2. The van der Waals surface area contributed by atoms with Crippen molar-refractivity contribution in [3.63, 3.8) is 0 Å². The lowest BCUT2D eigenvalue weighted by atomic mass is 10.2. The van der Waals surface area contributed by atoms with Gasteiger partial charge >= 0.3 is 0 Å². The molecule has 0 radical (unpaired) electrons. The van der Waals surface area contributed by atoms with Crippen LogP contribution in [0.1, 0.15) is 21.7 Å². The Kier molecular flexibility index (Phi) is 3.76. The van der Waals surface area contributed by atoms with Gasteiger partial charge in [-0.15, -0.1) is 0 Å². The molecule has 0 unspecified atom stereocenters. The lowest BCUT2D eigenvalue weighted by Gasteiger charge is -2.07. The van der Waals surface area contributed by atoms with Crippen LogP contribution < -0.4 is 5.32 Å². The van der Waals surface area contributed by atoms with Crippen LogP contribution in [0.2, 0.25) is 0 Å². The average Bonchev–Trinajstić information content (AvgIpc) is 2.42. The number of rotatable bonds is 2. The van der Waals surface area contributed by atoms with E-state index in [1.165, 1.54) is 18.2 Å². The van der Waals surface area contributed by atoms with Crippen LogP contribution in [0.25, 0.3) is 4.85 Å². The second-order valence-electron chi connectivity index (χ2n) is 4.38. The molecule has 2 aromatic rings. The summed E-state index contributed by atoms with van der Waals surface area (Å²) in [5, 5.41) is 2.63. The van der Waals surface area contributed by atoms with Gasteiger partial charge in [0, 0.05) is 11.4 Å². The fourth-order valence-electron chi connectivity index (χ4n) is 1.75. The molecule has 5 heteroatoms. The first-order chi connectivity index (χ1) is 9.49. The van der Waals surface area contributed by atoms with E-state index in [0.717, 1.165) is 0 Å². The van der Waals surface area contributed by atoms with Crippen LogP contribution in [0.5, 0.6) is 0 Å². The third kappa shape index (κ3) is 2.98. The molecule has 0 spiro atoms. The van der Waals surface area contributed by atoms with E-state index in [4.69, 9.17) is 6.57 Å². The van der Waals surface area contributed by atoms with Crippen molar-refractivity contribution in [3.8, 4) is 0 Å². The molecule has 1 heterocycles. The zero-order valence-electron chi connectivity index (χ0n) is 11.1. The van der Waals surface area contributed by atoms with E-state index in [-0.39, 0.29) is 11.5 Å². The fourth-order valence-corrected chi connectivity index (χ4v) is 1.75. The molecule has 0 aliphatic heterocycles. The highest BCUT2D eigenvalue weighted by atomic mass is 19.1. The minimum Gasteiger partial charge on any atom is -0.321 e. The highest BCUT2D eigenvalue weighted by molar-refractivity contribution is 6.03. The molecule has 0 fully saturated rings. The van der Waals surface area contributed by atoms with E-state index < -0.39 is 5.91 Å². The molecule has 2 rings (SSSR count). The van der Waals surface area contributed by atoms with E-state index in [0.29, 0.717) is 22.6 Å². The van der Waals surface area contributed by atoms with Crippen LogP contribution in [-0.2, 0) is 0 Å². The number of halogens is 1. The van der Waals surface area contributed by atoms with Crippen LogP contribution in [0, 0.1) is 26.2 Å². The molecule has 1 amide bonds. The van der Waals surface area contributed by atoms with Crippen molar-refractivity contribution in [1.29, 1.82) is 0 Å². The Labute approximate surface area is 116 Å². The maximum atomic E-state index is 13.2. The predicted octanol–water partition coefficient (Wildman–Crippen LogP) is 3.64. The van der Waals surface area contributed by atoms with Gasteiger partial charge in [-0.05, 0) is 49.7 Å². The van der Waals surface area contributed by atoms with Gasteiger partial charge in [0.2, 0.25) is 0 Å². The van der Waals surface area contributed by atoms with Crippen LogP contribution in [0.3, 0.4) is 0 Å². The molecule has 1 aromatic carbocycles. The van der Waals surface area contributed by atoms with Gasteiger partial charge in [0.15, 0.2) is 5.69 Å². The Hall–Kier alpha value is -2.74. The molecule has 0 aliphatic carbocycles. The van der Waals surface area contributed by atoms with Crippen LogP contribution in [0.4, 0.5) is 15.8 Å². The first-order valence-corrected chi connectivity index (χ1v) is 5.93. The third-order valence-corrected chi connectivity index (χ3v) is 2.72. The molecular formula is C15H12FN3O. The number of amides is 1. The summed E-state index contributed by atoms with van der Waals surface area (Å²) in [6.07, 6.45) is 0. The highest BCUT2D eigenvalue weighted by Crippen LogP contribution is 2.17. The van der Waals surface area contributed by atoms with Crippen molar-refractivity contribution in [1.82, 2.24) is 4.98 Å². The Morgan fingerprint density at radius 2 is 2.05 bits per heavy atom. The Morgan fingerprint density at radius 1 is 1.30 bits per heavy atom. The molecule has 20 heavy (non-hydrogen) atoms. The second-order valence-corrected chi connectivity index (χ2v) is 4.38. The summed E-state index contributed by atoms with van der Waals surface area (Å²) < 4.78 is 13.2. The number of aromatic nitrogens is 1. The van der Waals surface area contributed by atoms with Crippen molar-refractivity contribution in [2.45, 2.75) is 13.8 Å². The molecule has 4 nitrogen and oxygen atoms in total. The van der Waals surface area contributed by atoms with Crippen molar-refractivity contribution in [2.75, 3.05) is 5.32 Å². The monoisotopic (exact) mass is 269 g/mol. The van der Waals surface area contributed by atoms with Crippen molar-refractivity contribution >= 4 is 17.3 Å². The smallest absolute Gasteiger partial charge is 0.272 e. The molecule has 0 bridgehead atoms. The number of carbonyl (C=O) groups is 1. The van der Waals surface area contributed by atoms with Gasteiger partial charge in [0.1, 0.15) is 11.5 Å². The largest absolute Gasteiger partial charge is 0.321 e. The minimum atomic E-state index is -0.426. The average molecular weight is 269 g/mol. The quantitative estimate of drug-likeness (QED) is 0.846. The summed E-state index contributed by atoms with van der Waals surface area (Å²) in [4.78, 5) is 19.4. The number of aryl methyl sites for hydroxylation is 2. The van der Waals surface area contributed by atoms with Crippen LogP contribution in [-0.4, -0.2) is 10.9 Å². The first-order valence-electron chi connectivity index (χ1n) is 5.93. The summed E-state index contributed by atoms with van der Waals surface area (Å²) >= 11 is 0. The van der Waals surface area contributed by atoms with Crippen molar-refractivity contribution in [2.24, 2.45) is 0 Å². The predicted molar refractivity (Wildman–Crippen MR) is 74.3 cm³/mol. The number of benzene rings is 1. The minimum absolute atomic E-state index is 0.165. The van der Waals surface area contributed by atoms with E-state index >= 15 is 0 Å². The van der Waals surface area contributed by atoms with Gasteiger partial charge in [-0.2, -0.15) is 0 Å². The SMILES string of the molecule is [C-]#[N+]c1cc(C)nc(C(=O)Nc2ccc(F)c(C)c2)c1. The number of nitrogens with zero attached hydrogens (tertiary/aromatic N) is 2. The molecule has 100 valence electrons. The molecule has 0 atom stereocenters. The summed E-state index contributed by atoms with van der Waals surface area (Å²) in [5.74, 6) is -0.753. The maximum absolute atomic E-state index is 13.2. The van der Waals surface area contributed by atoms with Gasteiger partial charge in [0.05, 0.1) is 6.57 Å². The summed E-state index contributed by atoms with van der Waals surface area (Å²) in [6.45, 7) is 10.3. The maximum Gasteiger partial charge on any atom is 0.272 e. The lowest BCUT2D eigenvalue weighted by Crippen LogP contribution is -2.14. The number of nitrogens with one attached hydrogen (secondary N) is 1. The normalized spacial score (nSPS) is 9.90. The zero-order valence-corrected chi connectivity index (χ0v) is 11.1. The zero-order chi connectivity index (χ0) is 14.7. The molecule has 0 saturated heterocycles. The van der Waals surface area contributed by atoms with E-state index in [2.05, 4.69) is 15.1 Å². The Morgan fingerprint density at radius 3 is 2.70 bits per heavy atom. The molecule has 1 aromatic heterocycles. The number of pyridine rings is 1. The molecule has 1 N–H and O–H groups in total. The van der Waals surface area contributed by atoms with Gasteiger partial charge in [-0.25, -0.2) is 9.24 Å². The van der Waals surface area contributed by atoms with E-state index in [1.807, 2.05) is 0 Å². The van der Waals surface area contributed by atoms with Crippen LogP contribution >= 0.6 is 0 Å². The first kappa shape index (κ1) is 13.7. The number of anilines is 1. The second kappa shape index (κ2) is 5.49. The molecule has 0 aliphatic rings. The summed E-state index contributed by atoms with van der Waals surface area (Å²) in [5.41, 5.74) is 2.05. The van der Waals surface area contributed by atoms with Gasteiger partial charge in [-0.1, -0.05) is 0 Å². The van der Waals surface area contributed by atoms with Crippen molar-refractivity contribution < 1.29 is 9.18 Å². The lowest BCUT2D eigenvalue weighted by molar-refractivity contribution is 0.102. The van der Waals surface area contributed by atoms with Crippen molar-refractivity contribution in [3.05, 3.63) is 64.5 Å². The van der Waals surface area contributed by atoms with E-state index in [1.54, 1.807) is 26.0 Å². The third-order valence-electron chi connectivity index (χ3n) is 2.72. The Balaban J connectivity index is 2.26. The number of carbonyl (C=O) groups excluding carboxylic acids is 1. The molecular weight excluding hydrogens is 257 g/mol. The number of hydrogen-bond donors (Lipinski definition) is 1. The van der Waals surface area contributed by atoms with Gasteiger partial charge < -0.3 is 5.32 Å². The van der Waals surface area contributed by atoms with Gasteiger partial charge in [0.25, 0.3) is 5.91 Å². The van der Waals surface area contributed by atoms with E-state index in [9.17, 15) is 9.18 Å². The van der Waals surface area contributed by atoms with Gasteiger partial charge in [-0.3, -0.25) is 9.78 Å². The summed E-state index contributed by atoms with van der Waals surface area (Å²) in [7, 11) is 0. The topological polar surface area (TPSA) is 46.4 Å². The standard InChI is InChI=1S/C15H12FN3O/c1-9-6-11(4-5-13(9)16)19-15(20)14-8-12(17-3)7-10(2)18-14/h4-8H,1-2H3,(H,19,20). The van der Waals surface area contributed by atoms with Crippen LogP contribution in [0.15, 0.2) is 30.3 Å². The fraction of sp³-hybridized carbons (Fsp3) is 0.133. The summed E-state index contributed by atoms with van der Waals surface area (Å²) in [6, 6.07) is 7.33. The molecule has 0 saturated carbocycles. The highest BCUT2D eigenvalue weighted by Gasteiger charge is 2.10. The Bertz CT molecular complexity index is 720.